The molecule has 0 saturated heterocycles. The van der Waals surface area contributed by atoms with Crippen LogP contribution in [0.5, 0.6) is 0 Å². The molecule has 0 bridgehead atoms. The maximum Gasteiger partial charge on any atom is 0.195 e. The summed E-state index contributed by atoms with van der Waals surface area (Å²) in [6, 6.07) is 56.6. The van der Waals surface area contributed by atoms with Crippen LogP contribution >= 0.6 is 0 Å². The molecule has 48 heavy (non-hydrogen) atoms. The highest BCUT2D eigenvalue weighted by Gasteiger charge is 2.23. The molecule has 0 aliphatic heterocycles. The number of hydrogen-bond acceptors (Lipinski definition) is 1. The molecule has 2 aromatic heterocycles. The third-order valence-electron chi connectivity index (χ3n) is 9.39. The molecule has 0 N–H and O–H groups in total. The molecule has 0 atom stereocenters. The Hall–Kier alpha value is -6.88. The minimum atomic E-state index is 0.498. The average Bonchev–Trinajstić information content (AvgIpc) is 3.67. The highest BCUT2D eigenvalue weighted by molar-refractivity contribution is 6.12. The highest BCUT2D eigenvalue weighted by Crippen LogP contribution is 2.46. The lowest BCUT2D eigenvalue weighted by Crippen LogP contribution is -2.02. The molecule has 222 valence electrons. The Morgan fingerprint density at radius 2 is 0.917 bits per heavy atom. The van der Waals surface area contributed by atoms with Gasteiger partial charge in [-0.15, -0.1) is 0 Å². The minimum Gasteiger partial charge on any atom is -0.309 e. The first-order valence-electron chi connectivity index (χ1n) is 15.9. The summed E-state index contributed by atoms with van der Waals surface area (Å²) < 4.78 is 4.65. The molecule has 9 rings (SSSR count). The van der Waals surface area contributed by atoms with Gasteiger partial charge in [-0.1, -0.05) is 115 Å². The van der Waals surface area contributed by atoms with Crippen LogP contribution in [0.3, 0.4) is 0 Å². The first-order chi connectivity index (χ1) is 23.8. The van der Waals surface area contributed by atoms with Crippen LogP contribution in [0.1, 0.15) is 5.56 Å². The van der Waals surface area contributed by atoms with Crippen LogP contribution in [0.15, 0.2) is 158 Å². The van der Waals surface area contributed by atoms with Crippen molar-refractivity contribution in [1.29, 1.82) is 5.26 Å². The van der Waals surface area contributed by atoms with Crippen LogP contribution in [-0.2, 0) is 0 Å². The molecule has 2 heterocycles. The van der Waals surface area contributed by atoms with E-state index in [9.17, 15) is 5.26 Å². The van der Waals surface area contributed by atoms with Gasteiger partial charge in [0, 0.05) is 32.7 Å². The molecular formula is C44H26N4. The lowest BCUT2D eigenvalue weighted by Gasteiger charge is -2.21. The zero-order valence-electron chi connectivity index (χ0n) is 25.8. The summed E-state index contributed by atoms with van der Waals surface area (Å²) in [5.74, 6) is 0. The maximum atomic E-state index is 10.0. The third-order valence-corrected chi connectivity index (χ3v) is 9.39. The van der Waals surface area contributed by atoms with Crippen molar-refractivity contribution in [3.8, 4) is 39.7 Å². The molecule has 0 radical (unpaired) electrons. The third kappa shape index (κ3) is 4.01. The lowest BCUT2D eigenvalue weighted by atomic mass is 9.90. The second-order valence-corrected chi connectivity index (χ2v) is 11.9. The van der Waals surface area contributed by atoms with Gasteiger partial charge in [-0.2, -0.15) is 5.26 Å². The van der Waals surface area contributed by atoms with Gasteiger partial charge in [-0.05, 0) is 53.6 Å². The second kappa shape index (κ2) is 10.9. The Morgan fingerprint density at radius 3 is 1.46 bits per heavy atom. The van der Waals surface area contributed by atoms with Crippen molar-refractivity contribution in [2.75, 3.05) is 0 Å². The number of aromatic nitrogens is 2. The zero-order valence-corrected chi connectivity index (χ0v) is 25.8. The topological polar surface area (TPSA) is 38.0 Å². The number of nitriles is 1. The standard InChI is InChI=1S/C44H26N4/c1-46-37-26-25-29(28-45)27-36(37)44-35(18-12-24-43(44)48-40-21-9-4-15-32(40)33-16-5-10-22-41(33)48)34-17-6-11-23-42(34)47-38-19-7-2-13-30(38)31-14-3-8-20-39(31)47/h2-27H. The summed E-state index contributed by atoms with van der Waals surface area (Å²) in [6.07, 6.45) is 0. The van der Waals surface area contributed by atoms with Gasteiger partial charge < -0.3 is 9.13 Å². The van der Waals surface area contributed by atoms with Crippen molar-refractivity contribution >= 4 is 49.3 Å². The molecule has 0 spiro atoms. The van der Waals surface area contributed by atoms with E-state index in [4.69, 9.17) is 6.57 Å². The maximum absolute atomic E-state index is 10.0. The fourth-order valence-electron chi connectivity index (χ4n) is 7.40. The Morgan fingerprint density at radius 1 is 0.458 bits per heavy atom. The van der Waals surface area contributed by atoms with Crippen molar-refractivity contribution in [3.05, 3.63) is 175 Å². The fraction of sp³-hybridized carbons (Fsp3) is 0. The van der Waals surface area contributed by atoms with E-state index in [0.29, 0.717) is 11.3 Å². The predicted molar refractivity (Wildman–Crippen MR) is 197 cm³/mol. The van der Waals surface area contributed by atoms with E-state index in [1.807, 2.05) is 6.07 Å². The van der Waals surface area contributed by atoms with Crippen molar-refractivity contribution in [1.82, 2.24) is 9.13 Å². The van der Waals surface area contributed by atoms with Crippen LogP contribution in [-0.4, -0.2) is 9.13 Å². The number of fused-ring (bicyclic) bond motifs is 6. The zero-order chi connectivity index (χ0) is 32.2. The van der Waals surface area contributed by atoms with Crippen molar-refractivity contribution in [3.63, 3.8) is 0 Å². The number of hydrogen-bond donors (Lipinski definition) is 0. The fourth-order valence-corrected chi connectivity index (χ4v) is 7.40. The molecule has 4 heteroatoms. The van der Waals surface area contributed by atoms with Crippen LogP contribution in [0.4, 0.5) is 5.69 Å². The van der Waals surface area contributed by atoms with Gasteiger partial charge in [-0.3, -0.25) is 0 Å². The highest BCUT2D eigenvalue weighted by atomic mass is 15.0. The summed E-state index contributed by atoms with van der Waals surface area (Å²) in [7, 11) is 0. The molecule has 0 fully saturated rings. The molecule has 0 amide bonds. The van der Waals surface area contributed by atoms with Gasteiger partial charge in [0.1, 0.15) is 0 Å². The molecular weight excluding hydrogens is 585 g/mol. The minimum absolute atomic E-state index is 0.498. The van der Waals surface area contributed by atoms with E-state index < -0.39 is 0 Å². The first kappa shape index (κ1) is 27.4. The summed E-state index contributed by atoms with van der Waals surface area (Å²) in [5.41, 5.74) is 11.0. The summed E-state index contributed by atoms with van der Waals surface area (Å²) in [6.45, 7) is 8.21. The quantitative estimate of drug-likeness (QED) is 0.183. The first-order valence-corrected chi connectivity index (χ1v) is 15.9. The monoisotopic (exact) mass is 610 g/mol. The van der Waals surface area contributed by atoms with Gasteiger partial charge in [0.2, 0.25) is 0 Å². The van der Waals surface area contributed by atoms with E-state index >= 15 is 0 Å². The van der Waals surface area contributed by atoms with E-state index in [1.54, 1.807) is 12.1 Å². The number of rotatable bonds is 4. The Labute approximate surface area is 277 Å². The van der Waals surface area contributed by atoms with Crippen LogP contribution in [0, 0.1) is 17.9 Å². The smallest absolute Gasteiger partial charge is 0.195 e. The largest absolute Gasteiger partial charge is 0.309 e. The average molecular weight is 611 g/mol. The normalized spacial score (nSPS) is 11.3. The van der Waals surface area contributed by atoms with E-state index in [-0.39, 0.29) is 0 Å². The summed E-state index contributed by atoms with van der Waals surface area (Å²) in [5, 5.41) is 14.7. The molecule has 9 aromatic rings. The van der Waals surface area contributed by atoms with Crippen LogP contribution in [0.25, 0.3) is 82.1 Å². The Kier molecular flexibility index (Phi) is 6.22. The molecule has 0 aliphatic rings. The lowest BCUT2D eigenvalue weighted by molar-refractivity contribution is 1.17. The van der Waals surface area contributed by atoms with Gasteiger partial charge in [0.25, 0.3) is 0 Å². The number of nitrogens with zero attached hydrogens (tertiary/aromatic N) is 4. The van der Waals surface area contributed by atoms with Gasteiger partial charge >= 0.3 is 0 Å². The van der Waals surface area contributed by atoms with Gasteiger partial charge in [-0.25, -0.2) is 4.85 Å². The van der Waals surface area contributed by atoms with Crippen molar-refractivity contribution in [2.45, 2.75) is 0 Å². The Bertz CT molecular complexity index is 2710. The summed E-state index contributed by atoms with van der Waals surface area (Å²) in [4.78, 5) is 3.98. The molecule has 0 aliphatic carbocycles. The van der Waals surface area contributed by atoms with Crippen molar-refractivity contribution < 1.29 is 0 Å². The van der Waals surface area contributed by atoms with Crippen molar-refractivity contribution in [2.24, 2.45) is 0 Å². The summed E-state index contributed by atoms with van der Waals surface area (Å²) >= 11 is 0. The number of para-hydroxylation sites is 5. The van der Waals surface area contributed by atoms with Crippen LogP contribution in [0.2, 0.25) is 0 Å². The molecule has 7 aromatic carbocycles. The van der Waals surface area contributed by atoms with E-state index in [0.717, 1.165) is 66.5 Å². The molecule has 0 unspecified atom stereocenters. The van der Waals surface area contributed by atoms with E-state index in [2.05, 4.69) is 160 Å². The second-order valence-electron chi connectivity index (χ2n) is 11.9. The predicted octanol–water partition coefficient (Wildman–Crippen LogP) is 11.6. The van der Waals surface area contributed by atoms with Crippen LogP contribution < -0.4 is 0 Å². The molecule has 0 saturated carbocycles. The SMILES string of the molecule is [C-]#[N+]c1ccc(C#N)cc1-c1c(-c2ccccc2-n2c3ccccc3c3ccccc32)cccc1-n1c2ccccc2c2ccccc21. The number of benzene rings is 7. The van der Waals surface area contributed by atoms with Gasteiger partial charge in [0.05, 0.1) is 51.6 Å². The van der Waals surface area contributed by atoms with E-state index in [1.165, 1.54) is 10.8 Å². The Balaban J connectivity index is 1.44. The van der Waals surface area contributed by atoms with Gasteiger partial charge in [0.15, 0.2) is 5.69 Å². The molecule has 4 nitrogen and oxygen atoms in total.